The van der Waals surface area contributed by atoms with Gasteiger partial charge in [0.1, 0.15) is 0 Å². The molecule has 2 heterocycles. The zero-order valence-corrected chi connectivity index (χ0v) is 13.7. The second-order valence-electron chi connectivity index (χ2n) is 4.71. The molecule has 2 aromatic rings. The van der Waals surface area contributed by atoms with Gasteiger partial charge in [0.15, 0.2) is 0 Å². The van der Waals surface area contributed by atoms with Gasteiger partial charge in [0, 0.05) is 14.6 Å². The van der Waals surface area contributed by atoms with E-state index in [1.807, 2.05) is 22.7 Å². The van der Waals surface area contributed by atoms with Crippen LogP contribution in [0.3, 0.4) is 0 Å². The van der Waals surface area contributed by atoms with Crippen LogP contribution in [0, 0.1) is 0 Å². The largest absolute Gasteiger partial charge is 0.305 e. The Morgan fingerprint density at radius 1 is 1.11 bits per heavy atom. The maximum Gasteiger partial charge on any atom is 0.0767 e. The molecule has 0 saturated carbocycles. The van der Waals surface area contributed by atoms with E-state index >= 15 is 0 Å². The molecule has 2 aromatic heterocycles. The van der Waals surface area contributed by atoms with Crippen molar-refractivity contribution in [1.29, 1.82) is 0 Å². The maximum atomic E-state index is 3.72. The number of rotatable bonds is 7. The minimum Gasteiger partial charge on any atom is -0.305 e. The third-order valence-electron chi connectivity index (χ3n) is 3.34. The van der Waals surface area contributed by atoms with E-state index in [0.29, 0.717) is 6.04 Å². The van der Waals surface area contributed by atoms with E-state index in [9.17, 15) is 0 Å². The molecule has 0 bridgehead atoms. The Balaban J connectivity index is 2.29. The molecule has 19 heavy (non-hydrogen) atoms. The summed E-state index contributed by atoms with van der Waals surface area (Å²) in [6.45, 7) is 7.78. The van der Waals surface area contributed by atoms with E-state index in [4.69, 9.17) is 0 Å². The molecule has 1 atom stereocenters. The number of hydrogen-bond donors (Lipinski definition) is 1. The lowest BCUT2D eigenvalue weighted by Gasteiger charge is -2.17. The average molecular weight is 294 g/mol. The molecular weight excluding hydrogens is 270 g/mol. The molecule has 104 valence electrons. The zero-order chi connectivity index (χ0) is 13.7. The molecule has 0 radical (unpaired) electrons. The van der Waals surface area contributed by atoms with E-state index in [-0.39, 0.29) is 0 Å². The van der Waals surface area contributed by atoms with Gasteiger partial charge in [-0.1, -0.05) is 20.8 Å². The van der Waals surface area contributed by atoms with Crippen LogP contribution < -0.4 is 5.32 Å². The summed E-state index contributed by atoms with van der Waals surface area (Å²) in [5.74, 6) is 0. The minimum absolute atomic E-state index is 0.389. The van der Waals surface area contributed by atoms with Gasteiger partial charge < -0.3 is 5.32 Å². The molecule has 0 spiro atoms. The number of thiophene rings is 2. The monoisotopic (exact) mass is 293 g/mol. The molecule has 1 nitrogen and oxygen atoms in total. The van der Waals surface area contributed by atoms with Crippen LogP contribution in [0.1, 0.15) is 53.4 Å². The van der Waals surface area contributed by atoms with Crippen LogP contribution in [0.5, 0.6) is 0 Å². The summed E-state index contributed by atoms with van der Waals surface area (Å²) >= 11 is 3.84. The van der Waals surface area contributed by atoms with Gasteiger partial charge in [-0.2, -0.15) is 0 Å². The highest BCUT2D eigenvalue weighted by molar-refractivity contribution is 7.13. The van der Waals surface area contributed by atoms with Gasteiger partial charge in [-0.15, -0.1) is 22.7 Å². The molecule has 0 amide bonds. The Labute approximate surface area is 124 Å². The minimum atomic E-state index is 0.389. The van der Waals surface area contributed by atoms with Crippen molar-refractivity contribution in [3.63, 3.8) is 0 Å². The first-order valence-electron chi connectivity index (χ1n) is 7.18. The van der Waals surface area contributed by atoms with Crippen LogP contribution >= 0.6 is 22.7 Å². The Bertz CT molecular complexity index is 498. The second-order valence-corrected chi connectivity index (χ2v) is 6.86. The van der Waals surface area contributed by atoms with Crippen molar-refractivity contribution in [1.82, 2.24) is 5.32 Å². The maximum absolute atomic E-state index is 3.72. The summed E-state index contributed by atoms with van der Waals surface area (Å²) in [6, 6.07) is 7.24. The second kappa shape index (κ2) is 7.22. The summed E-state index contributed by atoms with van der Waals surface area (Å²) < 4.78 is 0. The summed E-state index contributed by atoms with van der Waals surface area (Å²) in [6.07, 6.45) is 3.43. The van der Waals surface area contributed by atoms with Gasteiger partial charge in [0.2, 0.25) is 0 Å². The van der Waals surface area contributed by atoms with Crippen molar-refractivity contribution in [3.8, 4) is 0 Å². The first kappa shape index (κ1) is 14.8. The van der Waals surface area contributed by atoms with E-state index in [2.05, 4.69) is 49.7 Å². The zero-order valence-electron chi connectivity index (χ0n) is 12.0. The average Bonchev–Trinajstić information content (AvgIpc) is 3.08. The normalized spacial score (nSPS) is 12.8. The Morgan fingerprint density at radius 2 is 1.95 bits per heavy atom. The van der Waals surface area contributed by atoms with E-state index in [0.717, 1.165) is 19.4 Å². The molecule has 0 aliphatic carbocycles. The molecule has 0 saturated heterocycles. The molecule has 0 aliphatic heterocycles. The Hall–Kier alpha value is -0.640. The topological polar surface area (TPSA) is 12.0 Å². The van der Waals surface area contributed by atoms with Crippen LogP contribution in [0.15, 0.2) is 23.6 Å². The standard InChI is InChI=1S/C16H23NS2/c1-4-10-17-15(14-8-7-13(6-3)19-14)16-12(5-2)9-11-18-16/h7-9,11,15,17H,4-6,10H2,1-3H3. The van der Waals surface area contributed by atoms with Crippen molar-refractivity contribution in [3.05, 3.63) is 43.8 Å². The van der Waals surface area contributed by atoms with E-state index < -0.39 is 0 Å². The van der Waals surface area contributed by atoms with Crippen molar-refractivity contribution in [2.75, 3.05) is 6.54 Å². The van der Waals surface area contributed by atoms with Gasteiger partial charge in [-0.3, -0.25) is 0 Å². The number of hydrogen-bond acceptors (Lipinski definition) is 3. The highest BCUT2D eigenvalue weighted by atomic mass is 32.1. The third kappa shape index (κ3) is 3.47. The summed E-state index contributed by atoms with van der Waals surface area (Å²) in [7, 11) is 0. The fraction of sp³-hybridized carbons (Fsp3) is 0.500. The van der Waals surface area contributed by atoms with Crippen molar-refractivity contribution >= 4 is 22.7 Å². The third-order valence-corrected chi connectivity index (χ3v) is 5.66. The van der Waals surface area contributed by atoms with Crippen LogP contribution in [0.4, 0.5) is 0 Å². The fourth-order valence-electron chi connectivity index (χ4n) is 2.24. The lowest BCUT2D eigenvalue weighted by Crippen LogP contribution is -2.22. The summed E-state index contributed by atoms with van der Waals surface area (Å²) in [4.78, 5) is 4.44. The first-order chi connectivity index (χ1) is 9.30. The molecule has 0 aliphatic rings. The van der Waals surface area contributed by atoms with E-state index in [1.165, 1.54) is 26.6 Å². The van der Waals surface area contributed by atoms with Crippen LogP contribution in [-0.4, -0.2) is 6.54 Å². The molecular formula is C16H23NS2. The van der Waals surface area contributed by atoms with Crippen LogP contribution in [0.2, 0.25) is 0 Å². The molecule has 0 aromatic carbocycles. The smallest absolute Gasteiger partial charge is 0.0767 e. The molecule has 3 heteroatoms. The lowest BCUT2D eigenvalue weighted by atomic mass is 10.1. The van der Waals surface area contributed by atoms with Crippen LogP contribution in [0.25, 0.3) is 0 Å². The van der Waals surface area contributed by atoms with Gasteiger partial charge in [0.25, 0.3) is 0 Å². The number of aryl methyl sites for hydroxylation is 2. The Kier molecular flexibility index (Phi) is 5.61. The molecule has 2 rings (SSSR count). The summed E-state index contributed by atoms with van der Waals surface area (Å²) in [5.41, 5.74) is 1.49. The SMILES string of the molecule is CCCNC(c1ccc(CC)s1)c1sccc1CC. The van der Waals surface area contributed by atoms with Crippen molar-refractivity contribution in [2.45, 2.75) is 46.1 Å². The lowest BCUT2D eigenvalue weighted by molar-refractivity contribution is 0.610. The first-order valence-corrected chi connectivity index (χ1v) is 8.87. The fourth-order valence-corrected chi connectivity index (χ4v) is 4.45. The van der Waals surface area contributed by atoms with E-state index in [1.54, 1.807) is 0 Å². The van der Waals surface area contributed by atoms with Crippen LogP contribution in [-0.2, 0) is 12.8 Å². The predicted octanol–water partition coefficient (Wildman–Crippen LogP) is 5.02. The highest BCUT2D eigenvalue weighted by Gasteiger charge is 2.19. The predicted molar refractivity (Wildman–Crippen MR) is 87.5 cm³/mol. The number of nitrogens with one attached hydrogen (secondary N) is 1. The highest BCUT2D eigenvalue weighted by Crippen LogP contribution is 2.34. The van der Waals surface area contributed by atoms with Crippen molar-refractivity contribution < 1.29 is 0 Å². The Morgan fingerprint density at radius 3 is 2.58 bits per heavy atom. The van der Waals surface area contributed by atoms with Gasteiger partial charge in [0.05, 0.1) is 6.04 Å². The van der Waals surface area contributed by atoms with Gasteiger partial charge in [-0.05, 0) is 54.9 Å². The molecule has 0 fully saturated rings. The molecule has 1 N–H and O–H groups in total. The summed E-state index contributed by atoms with van der Waals surface area (Å²) in [5, 5.41) is 5.95. The van der Waals surface area contributed by atoms with Gasteiger partial charge in [-0.25, -0.2) is 0 Å². The van der Waals surface area contributed by atoms with Gasteiger partial charge >= 0.3 is 0 Å². The van der Waals surface area contributed by atoms with Crippen molar-refractivity contribution in [2.24, 2.45) is 0 Å². The quantitative estimate of drug-likeness (QED) is 0.755. The molecule has 1 unspecified atom stereocenters.